The van der Waals surface area contributed by atoms with Crippen LogP contribution in [-0.4, -0.2) is 29.9 Å². The normalized spacial score (nSPS) is 13.6. The first kappa shape index (κ1) is 13.5. The van der Waals surface area contributed by atoms with Gasteiger partial charge < -0.3 is 0 Å². The molecule has 1 aliphatic heterocycles. The predicted molar refractivity (Wildman–Crippen MR) is 80.0 cm³/mol. The van der Waals surface area contributed by atoms with E-state index in [-0.39, 0.29) is 18.5 Å². The largest absolute Gasteiger partial charge is 0.299 e. The first-order valence-corrected chi connectivity index (χ1v) is 6.97. The van der Waals surface area contributed by atoms with Crippen molar-refractivity contribution in [3.63, 3.8) is 0 Å². The van der Waals surface area contributed by atoms with Crippen LogP contribution in [0, 0.1) is 0 Å². The molecular formula is C17H16N2O2. The fraction of sp³-hybridized carbons (Fsp3) is 0.176. The molecule has 3 rings (SSSR count). The number of hydrogen-bond donors (Lipinski definition) is 1. The topological polar surface area (TPSA) is 49.4 Å². The molecule has 0 saturated carbocycles. The van der Waals surface area contributed by atoms with Crippen LogP contribution in [0.2, 0.25) is 0 Å². The number of nitrogens with one attached hydrogen (secondary N) is 1. The molecule has 106 valence electrons. The molecular weight excluding hydrogens is 264 g/mol. The summed E-state index contributed by atoms with van der Waals surface area (Å²) >= 11 is 0. The summed E-state index contributed by atoms with van der Waals surface area (Å²) in [6, 6.07) is 17.0. The first-order valence-electron chi connectivity index (χ1n) is 6.97. The molecule has 1 aliphatic rings. The highest BCUT2D eigenvalue weighted by Gasteiger charge is 2.34. The molecule has 1 heterocycles. The number of carbonyl (C=O) groups is 2. The van der Waals surface area contributed by atoms with Crippen molar-refractivity contribution in [3.8, 4) is 0 Å². The van der Waals surface area contributed by atoms with Gasteiger partial charge in [0.05, 0.1) is 17.8 Å². The van der Waals surface area contributed by atoms with E-state index in [1.54, 1.807) is 24.3 Å². The zero-order valence-electron chi connectivity index (χ0n) is 11.6. The summed E-state index contributed by atoms with van der Waals surface area (Å²) in [6.07, 6.45) is 0.865. The van der Waals surface area contributed by atoms with Gasteiger partial charge in [-0.3, -0.25) is 19.8 Å². The second-order valence-corrected chi connectivity index (χ2v) is 4.98. The van der Waals surface area contributed by atoms with E-state index in [1.165, 1.54) is 10.5 Å². The molecule has 2 aromatic rings. The Bertz CT molecular complexity index is 633. The molecule has 0 spiro atoms. The minimum absolute atomic E-state index is 0.220. The van der Waals surface area contributed by atoms with Gasteiger partial charge in [-0.25, -0.2) is 0 Å². The number of carbonyl (C=O) groups excluding carboxylic acids is 2. The average molecular weight is 280 g/mol. The van der Waals surface area contributed by atoms with Crippen LogP contribution < -0.4 is 5.32 Å². The van der Waals surface area contributed by atoms with E-state index in [4.69, 9.17) is 0 Å². The number of fused-ring (bicyclic) bond motifs is 1. The number of amides is 2. The van der Waals surface area contributed by atoms with Crippen LogP contribution in [-0.2, 0) is 6.42 Å². The summed E-state index contributed by atoms with van der Waals surface area (Å²) in [7, 11) is 0. The molecule has 0 fully saturated rings. The number of imide groups is 1. The Morgan fingerprint density at radius 1 is 0.810 bits per heavy atom. The van der Waals surface area contributed by atoms with E-state index < -0.39 is 0 Å². The molecule has 4 heteroatoms. The van der Waals surface area contributed by atoms with Crippen molar-refractivity contribution in [2.45, 2.75) is 6.42 Å². The smallest absolute Gasteiger partial charge is 0.262 e. The van der Waals surface area contributed by atoms with Crippen molar-refractivity contribution in [2.24, 2.45) is 0 Å². The van der Waals surface area contributed by atoms with Gasteiger partial charge in [-0.05, 0) is 24.1 Å². The van der Waals surface area contributed by atoms with E-state index in [1.807, 2.05) is 18.2 Å². The molecule has 1 N–H and O–H groups in total. The van der Waals surface area contributed by atoms with Crippen LogP contribution in [0.15, 0.2) is 54.6 Å². The van der Waals surface area contributed by atoms with Crippen molar-refractivity contribution in [1.29, 1.82) is 0 Å². The lowest BCUT2D eigenvalue weighted by molar-refractivity contribution is 0.0642. The van der Waals surface area contributed by atoms with Gasteiger partial charge in [0.2, 0.25) is 0 Å². The second kappa shape index (κ2) is 5.89. The Balaban J connectivity index is 1.55. The monoisotopic (exact) mass is 280 g/mol. The summed E-state index contributed by atoms with van der Waals surface area (Å²) in [6.45, 7) is 0.969. The van der Waals surface area contributed by atoms with E-state index >= 15 is 0 Å². The van der Waals surface area contributed by atoms with Gasteiger partial charge in [0.25, 0.3) is 11.8 Å². The third-order valence-corrected chi connectivity index (χ3v) is 3.58. The highest BCUT2D eigenvalue weighted by molar-refractivity contribution is 6.21. The predicted octanol–water partition coefficient (Wildman–Crippen LogP) is 2.07. The van der Waals surface area contributed by atoms with Crippen LogP contribution in [0.5, 0.6) is 0 Å². The van der Waals surface area contributed by atoms with E-state index in [0.717, 1.165) is 13.0 Å². The summed E-state index contributed by atoms with van der Waals surface area (Å²) in [5.74, 6) is -0.439. The van der Waals surface area contributed by atoms with Crippen LogP contribution in [0.4, 0.5) is 0 Å². The second-order valence-electron chi connectivity index (χ2n) is 4.98. The van der Waals surface area contributed by atoms with Crippen molar-refractivity contribution < 1.29 is 9.59 Å². The Hall–Kier alpha value is -2.46. The highest BCUT2D eigenvalue weighted by Crippen LogP contribution is 2.21. The fourth-order valence-electron chi connectivity index (χ4n) is 2.45. The fourth-order valence-corrected chi connectivity index (χ4v) is 2.45. The number of hydrogen-bond acceptors (Lipinski definition) is 3. The van der Waals surface area contributed by atoms with Gasteiger partial charge in [-0.1, -0.05) is 42.5 Å². The molecule has 0 saturated heterocycles. The van der Waals surface area contributed by atoms with Crippen molar-refractivity contribution >= 4 is 11.8 Å². The molecule has 0 aliphatic carbocycles. The van der Waals surface area contributed by atoms with Gasteiger partial charge in [-0.15, -0.1) is 0 Å². The Morgan fingerprint density at radius 3 is 2.00 bits per heavy atom. The standard InChI is InChI=1S/C17H16N2O2/c20-16-14-8-4-5-9-15(14)17(21)19(16)12-18-11-10-13-6-2-1-3-7-13/h1-9,18H,10-12H2. The van der Waals surface area contributed by atoms with Crippen LogP contribution in [0.3, 0.4) is 0 Å². The maximum atomic E-state index is 12.1. The van der Waals surface area contributed by atoms with Crippen LogP contribution in [0.1, 0.15) is 26.3 Å². The quantitative estimate of drug-likeness (QED) is 0.674. The molecule has 0 aromatic heterocycles. The van der Waals surface area contributed by atoms with Gasteiger partial charge in [-0.2, -0.15) is 0 Å². The van der Waals surface area contributed by atoms with E-state index in [2.05, 4.69) is 17.4 Å². The van der Waals surface area contributed by atoms with E-state index in [0.29, 0.717) is 11.1 Å². The van der Waals surface area contributed by atoms with Gasteiger partial charge in [0.15, 0.2) is 0 Å². The summed E-state index contributed by atoms with van der Waals surface area (Å²) < 4.78 is 0. The zero-order chi connectivity index (χ0) is 14.7. The Labute approximate surface area is 123 Å². The van der Waals surface area contributed by atoms with Crippen molar-refractivity contribution in [1.82, 2.24) is 10.2 Å². The molecule has 0 radical (unpaired) electrons. The Kier molecular flexibility index (Phi) is 3.79. The SMILES string of the molecule is O=C1c2ccccc2C(=O)N1CNCCc1ccccc1. The highest BCUT2D eigenvalue weighted by atomic mass is 16.2. The Morgan fingerprint density at radius 2 is 1.38 bits per heavy atom. The molecule has 2 aromatic carbocycles. The average Bonchev–Trinajstić information content (AvgIpc) is 2.77. The van der Waals surface area contributed by atoms with Crippen LogP contribution in [0.25, 0.3) is 0 Å². The zero-order valence-corrected chi connectivity index (χ0v) is 11.6. The number of benzene rings is 2. The maximum absolute atomic E-state index is 12.1. The maximum Gasteiger partial charge on any atom is 0.262 e. The lowest BCUT2D eigenvalue weighted by atomic mass is 10.1. The van der Waals surface area contributed by atoms with Gasteiger partial charge in [0.1, 0.15) is 0 Å². The molecule has 4 nitrogen and oxygen atoms in total. The summed E-state index contributed by atoms with van der Waals surface area (Å²) in [5.41, 5.74) is 2.21. The molecule has 0 atom stereocenters. The minimum atomic E-state index is -0.220. The molecule has 2 amide bonds. The lowest BCUT2D eigenvalue weighted by Gasteiger charge is -2.14. The third-order valence-electron chi connectivity index (χ3n) is 3.58. The third kappa shape index (κ3) is 2.71. The lowest BCUT2D eigenvalue weighted by Crippen LogP contribution is -2.39. The molecule has 21 heavy (non-hydrogen) atoms. The van der Waals surface area contributed by atoms with E-state index in [9.17, 15) is 9.59 Å². The van der Waals surface area contributed by atoms with Crippen molar-refractivity contribution in [3.05, 3.63) is 71.3 Å². The summed E-state index contributed by atoms with van der Waals surface area (Å²) in [5, 5.41) is 3.16. The van der Waals surface area contributed by atoms with Crippen LogP contribution >= 0.6 is 0 Å². The molecule has 0 bridgehead atoms. The minimum Gasteiger partial charge on any atom is -0.299 e. The first-order chi connectivity index (χ1) is 10.3. The summed E-state index contributed by atoms with van der Waals surface area (Å²) in [4.78, 5) is 25.5. The number of rotatable bonds is 5. The van der Waals surface area contributed by atoms with Crippen molar-refractivity contribution in [2.75, 3.05) is 13.2 Å². The van der Waals surface area contributed by atoms with Gasteiger partial charge in [0, 0.05) is 6.54 Å². The molecule has 0 unspecified atom stereocenters. The number of nitrogens with zero attached hydrogens (tertiary/aromatic N) is 1. The van der Waals surface area contributed by atoms with Gasteiger partial charge >= 0.3 is 0 Å².